The number of esters is 1. The molecular weight excluding hydrogens is 456 g/mol. The Morgan fingerprint density at radius 1 is 1.29 bits per heavy atom. The molecule has 3 aliphatic rings. The zero-order valence-electron chi connectivity index (χ0n) is 20.8. The number of ether oxygens (including phenoxy) is 3. The third-order valence-corrected chi connectivity index (χ3v) is 7.28. The van der Waals surface area contributed by atoms with E-state index in [1.165, 1.54) is 7.05 Å². The molecule has 1 aromatic rings. The highest BCUT2D eigenvalue weighted by atomic mass is 16.9. The summed E-state index contributed by atoms with van der Waals surface area (Å²) in [7, 11) is 3.08. The first-order chi connectivity index (χ1) is 16.9. The monoisotopic (exact) mass is 493 g/mol. The van der Waals surface area contributed by atoms with E-state index in [4.69, 9.17) is 19.4 Å². The second-order valence-corrected chi connectivity index (χ2v) is 9.15. The van der Waals surface area contributed by atoms with Crippen LogP contribution in [0.5, 0.6) is 11.5 Å². The molecule has 194 valence electrons. The number of methoxy groups -OCH3 is 1. The maximum atomic E-state index is 13.0. The van der Waals surface area contributed by atoms with Crippen LogP contribution in [0, 0.1) is 10.8 Å². The lowest BCUT2D eigenvalue weighted by Crippen LogP contribution is -2.58. The van der Waals surface area contributed by atoms with Gasteiger partial charge in [0.15, 0.2) is 30.0 Å². The molecular formula is C25H37N2O8+. The van der Waals surface area contributed by atoms with Gasteiger partial charge in [0.2, 0.25) is 0 Å². The lowest BCUT2D eigenvalue weighted by atomic mass is 9.58. The maximum absolute atomic E-state index is 13.0. The van der Waals surface area contributed by atoms with Gasteiger partial charge >= 0.3 is 11.1 Å². The number of Topliss-reactive ketones (excluding diaryl/α,β-unsaturated/α-hetero) is 1. The minimum Gasteiger partial charge on any atom is -0.493 e. The Labute approximate surface area is 205 Å². The number of carbonyl (C=O) groups is 2. The average Bonchev–Trinajstić information content (AvgIpc) is 3.27. The Morgan fingerprint density at radius 2 is 2.06 bits per heavy atom. The molecule has 10 nitrogen and oxygen atoms in total. The van der Waals surface area contributed by atoms with Crippen molar-refractivity contribution in [3.63, 3.8) is 0 Å². The van der Waals surface area contributed by atoms with Crippen molar-refractivity contribution in [1.82, 2.24) is 0 Å². The minimum atomic E-state index is -0.789. The van der Waals surface area contributed by atoms with Crippen molar-refractivity contribution in [1.29, 1.82) is 0 Å². The minimum absolute atomic E-state index is 0.0150. The molecule has 0 amide bonds. The van der Waals surface area contributed by atoms with Crippen molar-refractivity contribution < 1.29 is 38.9 Å². The van der Waals surface area contributed by atoms with Crippen molar-refractivity contribution in [3.8, 4) is 11.5 Å². The van der Waals surface area contributed by atoms with E-state index in [1.54, 1.807) is 7.11 Å². The lowest BCUT2D eigenvalue weighted by Gasteiger charge is -2.51. The van der Waals surface area contributed by atoms with Crippen LogP contribution in [0.15, 0.2) is 12.1 Å². The highest BCUT2D eigenvalue weighted by molar-refractivity contribution is 5.88. The van der Waals surface area contributed by atoms with E-state index in [0.717, 1.165) is 36.8 Å². The fourth-order valence-corrected chi connectivity index (χ4v) is 5.80. The number of unbranched alkanes of at least 4 members (excludes halogenated alkanes) is 2. The fourth-order valence-electron chi connectivity index (χ4n) is 5.80. The number of nitrogens with two attached hydrogens (primary N) is 1. The molecule has 1 saturated carbocycles. The molecule has 35 heavy (non-hydrogen) atoms. The molecule has 0 bridgehead atoms. The standard InChI is InChI=1S/C24H32NO8.CH5N/c1-3-4-7-16-14-15-9-10-18(30-2)23-20(15)21-22(32-23)17(26)11-12-24(16,21)33-19(27)8-5-6-13-31-25(28)29;1-2/h9-10,16,21-22H,3-8,11-14H2,1-2H3,(H,28,29);2H2,1H3/q+1;/t16-,21?,22+,24?;/m1./s1. The largest absolute Gasteiger partial charge is 0.493 e. The first-order valence-electron chi connectivity index (χ1n) is 12.4. The van der Waals surface area contributed by atoms with Crippen LogP contribution >= 0.6 is 0 Å². The van der Waals surface area contributed by atoms with Gasteiger partial charge < -0.3 is 19.9 Å². The van der Waals surface area contributed by atoms with Gasteiger partial charge in [-0.15, -0.1) is 0 Å². The predicted molar refractivity (Wildman–Crippen MR) is 125 cm³/mol. The van der Waals surface area contributed by atoms with Gasteiger partial charge in [-0.25, -0.2) is 5.21 Å². The van der Waals surface area contributed by atoms with E-state index in [0.29, 0.717) is 37.2 Å². The Kier molecular flexibility index (Phi) is 8.93. The van der Waals surface area contributed by atoms with Crippen molar-refractivity contribution in [3.05, 3.63) is 28.2 Å². The summed E-state index contributed by atoms with van der Waals surface area (Å²) in [5.74, 6) is 0.689. The van der Waals surface area contributed by atoms with E-state index in [-0.39, 0.29) is 36.6 Å². The summed E-state index contributed by atoms with van der Waals surface area (Å²) in [5, 5.41) is 7.91. The van der Waals surface area contributed by atoms with E-state index in [9.17, 15) is 14.5 Å². The van der Waals surface area contributed by atoms with Crippen LogP contribution in [0.1, 0.15) is 75.3 Å². The van der Waals surface area contributed by atoms with Crippen molar-refractivity contribution in [2.75, 3.05) is 20.8 Å². The molecule has 0 radical (unpaired) electrons. The number of ketones is 1. The topological polar surface area (TPSA) is 137 Å². The Bertz CT molecular complexity index is 936. The van der Waals surface area contributed by atoms with E-state index in [1.807, 2.05) is 12.1 Å². The zero-order chi connectivity index (χ0) is 25.6. The fraction of sp³-hybridized carbons (Fsp3) is 0.680. The predicted octanol–water partition coefficient (Wildman–Crippen LogP) is 3.39. The van der Waals surface area contributed by atoms with Crippen LogP contribution < -0.4 is 15.2 Å². The lowest BCUT2D eigenvalue weighted by molar-refractivity contribution is -0.975. The second-order valence-electron chi connectivity index (χ2n) is 9.15. The van der Waals surface area contributed by atoms with Gasteiger partial charge in [-0.2, -0.15) is 4.84 Å². The quantitative estimate of drug-likeness (QED) is 0.270. The third-order valence-electron chi connectivity index (χ3n) is 7.28. The van der Waals surface area contributed by atoms with E-state index >= 15 is 0 Å². The molecule has 1 aliphatic heterocycles. The molecule has 4 rings (SSSR count). The van der Waals surface area contributed by atoms with Gasteiger partial charge in [0, 0.05) is 24.3 Å². The molecule has 1 heterocycles. The number of rotatable bonds is 11. The number of carbonyl (C=O) groups excluding carboxylic acids is 2. The summed E-state index contributed by atoms with van der Waals surface area (Å²) >= 11 is 0. The molecule has 1 aromatic carbocycles. The molecule has 10 heteroatoms. The normalized spacial score (nSPS) is 25.5. The van der Waals surface area contributed by atoms with Gasteiger partial charge in [0.25, 0.3) is 0 Å². The van der Waals surface area contributed by atoms with E-state index in [2.05, 4.69) is 17.5 Å². The summed E-state index contributed by atoms with van der Waals surface area (Å²) in [6.07, 6.45) is 4.92. The average molecular weight is 494 g/mol. The van der Waals surface area contributed by atoms with Crippen LogP contribution in [0.3, 0.4) is 0 Å². The zero-order valence-corrected chi connectivity index (χ0v) is 20.8. The summed E-state index contributed by atoms with van der Waals surface area (Å²) in [4.78, 5) is 40.7. The third kappa shape index (κ3) is 5.22. The first kappa shape index (κ1) is 26.7. The first-order valence-corrected chi connectivity index (χ1v) is 12.4. The smallest absolute Gasteiger partial charge is 0.475 e. The molecule has 2 aliphatic carbocycles. The number of benzene rings is 1. The van der Waals surface area contributed by atoms with Gasteiger partial charge in [-0.3, -0.25) is 9.59 Å². The molecule has 4 atom stereocenters. The summed E-state index contributed by atoms with van der Waals surface area (Å²) in [5.41, 5.74) is 5.81. The molecule has 0 saturated heterocycles. The Morgan fingerprint density at radius 3 is 2.74 bits per heavy atom. The van der Waals surface area contributed by atoms with Crippen LogP contribution in [-0.2, 0) is 25.6 Å². The van der Waals surface area contributed by atoms with Crippen molar-refractivity contribution in [2.24, 2.45) is 11.7 Å². The Hall–Kier alpha value is -2.88. The van der Waals surface area contributed by atoms with Crippen molar-refractivity contribution in [2.45, 2.75) is 82.3 Å². The summed E-state index contributed by atoms with van der Waals surface area (Å²) in [6, 6.07) is 3.94. The van der Waals surface area contributed by atoms with Gasteiger partial charge in [-0.05, 0) is 50.8 Å². The highest BCUT2D eigenvalue weighted by Gasteiger charge is 2.63. The van der Waals surface area contributed by atoms with E-state index < -0.39 is 16.8 Å². The molecule has 0 aromatic heterocycles. The van der Waals surface area contributed by atoms with Crippen LogP contribution in [0.2, 0.25) is 0 Å². The van der Waals surface area contributed by atoms with Crippen LogP contribution in [0.25, 0.3) is 0 Å². The highest BCUT2D eigenvalue weighted by Crippen LogP contribution is 2.61. The maximum Gasteiger partial charge on any atom is 0.475 e. The van der Waals surface area contributed by atoms with Crippen LogP contribution in [-0.4, -0.2) is 54.5 Å². The van der Waals surface area contributed by atoms with Gasteiger partial charge in [0.1, 0.15) is 10.5 Å². The second kappa shape index (κ2) is 11.7. The number of hydrogen-bond acceptors (Lipinski definition) is 8. The number of hydrogen-bond donors (Lipinski definition) is 2. The molecule has 0 spiro atoms. The molecule has 2 unspecified atom stereocenters. The molecule has 1 fully saturated rings. The van der Waals surface area contributed by atoms with Crippen LogP contribution in [0.4, 0.5) is 0 Å². The van der Waals surface area contributed by atoms with Gasteiger partial charge in [0.05, 0.1) is 13.0 Å². The summed E-state index contributed by atoms with van der Waals surface area (Å²) in [6.45, 7) is 2.16. The SMILES string of the molecule is CCCC[C@@H]1Cc2ccc(OC)c3c2C2[C@@H](O3)C(=O)CCC21OC(=O)CCCCO[N+](=O)O.CN. The molecule has 3 N–H and O–H groups in total. The Balaban J connectivity index is 0.00000167. The van der Waals surface area contributed by atoms with Crippen molar-refractivity contribution >= 4 is 11.8 Å². The number of nitrogens with zero attached hydrogens (tertiary/aromatic N) is 1. The van der Waals surface area contributed by atoms with Gasteiger partial charge in [-0.1, -0.05) is 25.8 Å². The summed E-state index contributed by atoms with van der Waals surface area (Å²) < 4.78 is 18.0.